The standard InChI is InChI=1S/C21H24N2O6/c1-26-16-6-3-14(11-18(16)27-2)4-8-20(24)22-9-10-23-21(25)15-5-7-17-19(12-15)29-13-28-17/h3,5-7,11-12H,4,8-10,13H2,1-2H3,(H,22,24)(H,23,25). The van der Waals surface area contributed by atoms with Crippen molar-refractivity contribution in [3.8, 4) is 23.0 Å². The Hall–Kier alpha value is -3.42. The van der Waals surface area contributed by atoms with Gasteiger partial charge in [-0.05, 0) is 42.3 Å². The van der Waals surface area contributed by atoms with Gasteiger partial charge in [-0.15, -0.1) is 0 Å². The van der Waals surface area contributed by atoms with Crippen LogP contribution < -0.4 is 29.6 Å². The Morgan fingerprint density at radius 1 is 0.931 bits per heavy atom. The zero-order valence-corrected chi connectivity index (χ0v) is 16.4. The molecule has 0 aromatic heterocycles. The highest BCUT2D eigenvalue weighted by Gasteiger charge is 2.16. The van der Waals surface area contributed by atoms with Gasteiger partial charge in [-0.25, -0.2) is 0 Å². The van der Waals surface area contributed by atoms with Crippen LogP contribution >= 0.6 is 0 Å². The molecule has 1 heterocycles. The second-order valence-electron chi connectivity index (χ2n) is 6.36. The van der Waals surface area contributed by atoms with Crippen molar-refractivity contribution < 1.29 is 28.5 Å². The van der Waals surface area contributed by atoms with Crippen molar-refractivity contribution in [2.45, 2.75) is 12.8 Å². The smallest absolute Gasteiger partial charge is 0.251 e. The molecule has 0 unspecified atom stereocenters. The van der Waals surface area contributed by atoms with Crippen LogP contribution in [0.2, 0.25) is 0 Å². The first kappa shape index (κ1) is 20.3. The molecule has 8 heteroatoms. The number of carbonyl (C=O) groups is 2. The van der Waals surface area contributed by atoms with Gasteiger partial charge in [-0.3, -0.25) is 9.59 Å². The summed E-state index contributed by atoms with van der Waals surface area (Å²) in [5.74, 6) is 2.15. The number of benzene rings is 2. The second-order valence-corrected chi connectivity index (χ2v) is 6.36. The van der Waals surface area contributed by atoms with Gasteiger partial charge in [0.15, 0.2) is 23.0 Å². The van der Waals surface area contributed by atoms with Gasteiger partial charge in [0, 0.05) is 25.1 Å². The maximum atomic E-state index is 12.2. The molecule has 0 bridgehead atoms. The van der Waals surface area contributed by atoms with Crippen molar-refractivity contribution in [3.63, 3.8) is 0 Å². The van der Waals surface area contributed by atoms with Crippen LogP contribution in [-0.4, -0.2) is 45.9 Å². The van der Waals surface area contributed by atoms with Crippen LogP contribution in [0.15, 0.2) is 36.4 Å². The van der Waals surface area contributed by atoms with Gasteiger partial charge in [0.25, 0.3) is 5.91 Å². The zero-order chi connectivity index (χ0) is 20.6. The second kappa shape index (κ2) is 9.68. The number of ether oxygens (including phenoxy) is 4. The number of amides is 2. The van der Waals surface area contributed by atoms with Crippen molar-refractivity contribution in [1.82, 2.24) is 10.6 Å². The van der Waals surface area contributed by atoms with Crippen molar-refractivity contribution in [2.75, 3.05) is 34.1 Å². The first-order valence-electron chi connectivity index (χ1n) is 9.26. The fourth-order valence-corrected chi connectivity index (χ4v) is 2.90. The van der Waals surface area contributed by atoms with E-state index >= 15 is 0 Å². The lowest BCUT2D eigenvalue weighted by molar-refractivity contribution is -0.121. The number of methoxy groups -OCH3 is 2. The Labute approximate surface area is 169 Å². The molecule has 2 amide bonds. The highest BCUT2D eigenvalue weighted by molar-refractivity contribution is 5.95. The molecule has 2 aromatic rings. The Balaban J connectivity index is 1.37. The number of fused-ring (bicyclic) bond motifs is 1. The van der Waals surface area contributed by atoms with Gasteiger partial charge in [0.2, 0.25) is 12.7 Å². The minimum atomic E-state index is -0.233. The lowest BCUT2D eigenvalue weighted by Gasteiger charge is -2.10. The van der Waals surface area contributed by atoms with Crippen LogP contribution in [0.25, 0.3) is 0 Å². The van der Waals surface area contributed by atoms with E-state index in [-0.39, 0.29) is 18.6 Å². The van der Waals surface area contributed by atoms with Gasteiger partial charge >= 0.3 is 0 Å². The van der Waals surface area contributed by atoms with E-state index in [0.29, 0.717) is 54.5 Å². The predicted octanol–water partition coefficient (Wildman–Crippen LogP) is 1.91. The molecule has 0 saturated heterocycles. The molecule has 0 spiro atoms. The molecule has 0 atom stereocenters. The molecular formula is C21H24N2O6. The molecular weight excluding hydrogens is 376 g/mol. The minimum Gasteiger partial charge on any atom is -0.493 e. The van der Waals surface area contributed by atoms with Crippen molar-refractivity contribution >= 4 is 11.8 Å². The number of carbonyl (C=O) groups excluding carboxylic acids is 2. The maximum Gasteiger partial charge on any atom is 0.251 e. The highest BCUT2D eigenvalue weighted by atomic mass is 16.7. The molecule has 2 N–H and O–H groups in total. The van der Waals surface area contributed by atoms with Crippen LogP contribution in [0.5, 0.6) is 23.0 Å². The summed E-state index contributed by atoms with van der Waals surface area (Å²) in [4.78, 5) is 24.2. The van der Waals surface area contributed by atoms with Gasteiger partial charge < -0.3 is 29.6 Å². The summed E-state index contributed by atoms with van der Waals surface area (Å²) in [6.07, 6.45) is 0.918. The van der Waals surface area contributed by atoms with E-state index in [0.717, 1.165) is 5.56 Å². The molecule has 154 valence electrons. The predicted molar refractivity (Wildman–Crippen MR) is 106 cm³/mol. The molecule has 0 saturated carbocycles. The quantitative estimate of drug-likeness (QED) is 0.625. The van der Waals surface area contributed by atoms with Crippen LogP contribution in [0.3, 0.4) is 0 Å². The Bertz CT molecular complexity index is 883. The minimum absolute atomic E-state index is 0.0860. The van der Waals surface area contributed by atoms with Crippen LogP contribution in [0.4, 0.5) is 0 Å². The highest BCUT2D eigenvalue weighted by Crippen LogP contribution is 2.32. The van der Waals surface area contributed by atoms with Gasteiger partial charge in [-0.1, -0.05) is 6.07 Å². The third-order valence-electron chi connectivity index (χ3n) is 4.46. The summed E-state index contributed by atoms with van der Waals surface area (Å²) in [6, 6.07) is 10.6. The van der Waals surface area contributed by atoms with E-state index in [1.54, 1.807) is 32.4 Å². The first-order chi connectivity index (χ1) is 14.1. The summed E-state index contributed by atoms with van der Waals surface area (Å²) in [5.41, 5.74) is 1.46. The fraction of sp³-hybridized carbons (Fsp3) is 0.333. The van der Waals surface area contributed by atoms with Crippen molar-refractivity contribution in [3.05, 3.63) is 47.5 Å². The molecule has 29 heavy (non-hydrogen) atoms. The summed E-state index contributed by atoms with van der Waals surface area (Å²) < 4.78 is 21.0. The van der Waals surface area contributed by atoms with E-state index in [4.69, 9.17) is 18.9 Å². The number of hydrogen-bond donors (Lipinski definition) is 2. The number of rotatable bonds is 9. The number of hydrogen-bond acceptors (Lipinski definition) is 6. The zero-order valence-electron chi connectivity index (χ0n) is 16.4. The van der Waals surface area contributed by atoms with Crippen LogP contribution in [0, 0.1) is 0 Å². The van der Waals surface area contributed by atoms with E-state index in [1.807, 2.05) is 18.2 Å². The Morgan fingerprint density at radius 3 is 2.48 bits per heavy atom. The molecule has 1 aliphatic heterocycles. The summed E-state index contributed by atoms with van der Waals surface area (Å²) in [6.45, 7) is 0.839. The van der Waals surface area contributed by atoms with Gasteiger partial charge in [0.1, 0.15) is 0 Å². The first-order valence-corrected chi connectivity index (χ1v) is 9.26. The fourth-order valence-electron chi connectivity index (χ4n) is 2.90. The van der Waals surface area contributed by atoms with Crippen molar-refractivity contribution in [2.24, 2.45) is 0 Å². The van der Waals surface area contributed by atoms with Crippen LogP contribution in [-0.2, 0) is 11.2 Å². The molecule has 8 nitrogen and oxygen atoms in total. The molecule has 0 aliphatic carbocycles. The van der Waals surface area contributed by atoms with Gasteiger partial charge in [-0.2, -0.15) is 0 Å². The average Bonchev–Trinajstić information content (AvgIpc) is 3.22. The SMILES string of the molecule is COc1ccc(CCC(=O)NCCNC(=O)c2ccc3c(c2)OCO3)cc1OC. The third kappa shape index (κ3) is 5.31. The summed E-state index contributed by atoms with van der Waals surface area (Å²) in [7, 11) is 3.16. The molecule has 0 fully saturated rings. The normalized spacial score (nSPS) is 11.7. The molecule has 1 aliphatic rings. The van der Waals surface area contributed by atoms with Gasteiger partial charge in [0.05, 0.1) is 14.2 Å². The monoisotopic (exact) mass is 400 g/mol. The lowest BCUT2D eigenvalue weighted by atomic mass is 10.1. The Morgan fingerprint density at radius 2 is 1.69 bits per heavy atom. The molecule has 3 rings (SSSR count). The maximum absolute atomic E-state index is 12.2. The van der Waals surface area contributed by atoms with E-state index in [9.17, 15) is 9.59 Å². The number of nitrogens with one attached hydrogen (secondary N) is 2. The lowest BCUT2D eigenvalue weighted by Crippen LogP contribution is -2.34. The summed E-state index contributed by atoms with van der Waals surface area (Å²) in [5, 5.41) is 5.56. The molecule has 0 radical (unpaired) electrons. The van der Waals surface area contributed by atoms with E-state index < -0.39 is 0 Å². The number of aryl methyl sites for hydroxylation is 1. The summed E-state index contributed by atoms with van der Waals surface area (Å²) >= 11 is 0. The van der Waals surface area contributed by atoms with Crippen LogP contribution in [0.1, 0.15) is 22.3 Å². The largest absolute Gasteiger partial charge is 0.493 e. The topological polar surface area (TPSA) is 95.1 Å². The third-order valence-corrected chi connectivity index (χ3v) is 4.46. The van der Waals surface area contributed by atoms with Crippen molar-refractivity contribution in [1.29, 1.82) is 0 Å². The Kier molecular flexibility index (Phi) is 6.78. The van der Waals surface area contributed by atoms with E-state index in [2.05, 4.69) is 10.6 Å². The molecule has 2 aromatic carbocycles. The average molecular weight is 400 g/mol. The van der Waals surface area contributed by atoms with E-state index in [1.165, 1.54) is 0 Å².